The van der Waals surface area contributed by atoms with Crippen LogP contribution >= 0.6 is 0 Å². The molecule has 0 unspecified atom stereocenters. The van der Waals surface area contributed by atoms with E-state index in [0.29, 0.717) is 31.7 Å². The van der Waals surface area contributed by atoms with E-state index in [1.807, 2.05) is 0 Å². The fourth-order valence-corrected chi connectivity index (χ4v) is 4.15. The Morgan fingerprint density at radius 3 is 2.10 bits per heavy atom. The van der Waals surface area contributed by atoms with Gasteiger partial charge in [0, 0.05) is 38.3 Å². The second-order valence-electron chi connectivity index (χ2n) is 6.77. The van der Waals surface area contributed by atoms with E-state index in [4.69, 9.17) is 0 Å². The molecule has 30 heavy (non-hydrogen) atoms. The number of phenolic OH excluding ortho intramolecular Hbond substituents is 1. The number of para-hydroxylation sites is 1. The standard InChI is InChI=1S/C21H23N3O5S/c1-2-11-22-30(28,29)17-9-7-16(8-10-17)20(26)23-12-14-24(15-13-23)21(27)18-5-3-4-6-19(18)25/h2-10,22,25H,1,11-15H2. The van der Waals surface area contributed by atoms with Crippen LogP contribution in [-0.4, -0.2) is 67.9 Å². The first-order valence-corrected chi connectivity index (χ1v) is 10.9. The molecule has 1 fully saturated rings. The predicted octanol–water partition coefficient (Wildman–Crippen LogP) is 1.45. The van der Waals surface area contributed by atoms with E-state index >= 15 is 0 Å². The van der Waals surface area contributed by atoms with Gasteiger partial charge in [-0.25, -0.2) is 13.1 Å². The van der Waals surface area contributed by atoms with Crippen LogP contribution in [0.4, 0.5) is 0 Å². The minimum absolute atomic E-state index is 0.0685. The predicted molar refractivity (Wildman–Crippen MR) is 112 cm³/mol. The van der Waals surface area contributed by atoms with Crippen molar-refractivity contribution in [1.82, 2.24) is 14.5 Å². The van der Waals surface area contributed by atoms with E-state index in [2.05, 4.69) is 11.3 Å². The zero-order valence-electron chi connectivity index (χ0n) is 16.3. The lowest BCUT2D eigenvalue weighted by Crippen LogP contribution is -2.50. The normalized spacial score (nSPS) is 14.4. The van der Waals surface area contributed by atoms with Crippen LogP contribution in [0.15, 0.2) is 66.1 Å². The highest BCUT2D eigenvalue weighted by Crippen LogP contribution is 2.19. The molecule has 1 aliphatic rings. The summed E-state index contributed by atoms with van der Waals surface area (Å²) in [7, 11) is -3.65. The number of phenols is 1. The summed E-state index contributed by atoms with van der Waals surface area (Å²) in [5.74, 6) is -0.576. The lowest BCUT2D eigenvalue weighted by atomic mass is 10.1. The molecular weight excluding hydrogens is 406 g/mol. The molecule has 0 bridgehead atoms. The molecule has 1 saturated heterocycles. The van der Waals surface area contributed by atoms with E-state index in [0.717, 1.165) is 0 Å². The van der Waals surface area contributed by atoms with Crippen molar-refractivity contribution in [2.24, 2.45) is 0 Å². The second-order valence-corrected chi connectivity index (χ2v) is 8.53. The first-order valence-electron chi connectivity index (χ1n) is 9.40. The van der Waals surface area contributed by atoms with Gasteiger partial charge >= 0.3 is 0 Å². The number of amides is 2. The quantitative estimate of drug-likeness (QED) is 0.676. The summed E-state index contributed by atoms with van der Waals surface area (Å²) in [6, 6.07) is 12.1. The monoisotopic (exact) mass is 429 g/mol. The SMILES string of the molecule is C=CCNS(=O)(=O)c1ccc(C(=O)N2CCN(C(=O)c3ccccc3O)CC2)cc1. The van der Waals surface area contributed by atoms with Crippen molar-refractivity contribution >= 4 is 21.8 Å². The van der Waals surface area contributed by atoms with E-state index in [-0.39, 0.29) is 34.6 Å². The maximum absolute atomic E-state index is 12.7. The lowest BCUT2D eigenvalue weighted by Gasteiger charge is -2.35. The largest absolute Gasteiger partial charge is 0.507 e. The number of hydrogen-bond acceptors (Lipinski definition) is 5. The Kier molecular flexibility index (Phi) is 6.53. The highest BCUT2D eigenvalue weighted by atomic mass is 32.2. The van der Waals surface area contributed by atoms with Crippen LogP contribution in [-0.2, 0) is 10.0 Å². The number of benzene rings is 2. The summed E-state index contributed by atoms with van der Waals surface area (Å²) in [5, 5.41) is 9.86. The van der Waals surface area contributed by atoms with Gasteiger partial charge in [-0.05, 0) is 36.4 Å². The Morgan fingerprint density at radius 2 is 1.53 bits per heavy atom. The van der Waals surface area contributed by atoms with Gasteiger partial charge in [-0.15, -0.1) is 6.58 Å². The van der Waals surface area contributed by atoms with Crippen LogP contribution in [0.2, 0.25) is 0 Å². The molecule has 2 aromatic carbocycles. The van der Waals surface area contributed by atoms with E-state index < -0.39 is 10.0 Å². The molecule has 1 aliphatic heterocycles. The third-order valence-electron chi connectivity index (χ3n) is 4.82. The number of rotatable bonds is 6. The van der Waals surface area contributed by atoms with Crippen LogP contribution in [0.1, 0.15) is 20.7 Å². The van der Waals surface area contributed by atoms with Crippen molar-refractivity contribution < 1.29 is 23.1 Å². The van der Waals surface area contributed by atoms with E-state index in [1.54, 1.807) is 28.0 Å². The minimum Gasteiger partial charge on any atom is -0.507 e. The summed E-state index contributed by atoms with van der Waals surface area (Å²) in [6.07, 6.45) is 1.44. The van der Waals surface area contributed by atoms with Crippen LogP contribution in [0.3, 0.4) is 0 Å². The first-order chi connectivity index (χ1) is 14.3. The highest BCUT2D eigenvalue weighted by molar-refractivity contribution is 7.89. The number of aromatic hydroxyl groups is 1. The van der Waals surface area contributed by atoms with Gasteiger partial charge in [-0.3, -0.25) is 9.59 Å². The van der Waals surface area contributed by atoms with E-state index in [9.17, 15) is 23.1 Å². The fourth-order valence-electron chi connectivity index (χ4n) is 3.15. The molecule has 3 rings (SSSR count). The zero-order chi connectivity index (χ0) is 21.7. The van der Waals surface area contributed by atoms with Crippen molar-refractivity contribution in [3.8, 4) is 5.75 Å². The van der Waals surface area contributed by atoms with Crippen LogP contribution in [0.25, 0.3) is 0 Å². The Bertz CT molecular complexity index is 1040. The number of sulfonamides is 1. The number of nitrogens with one attached hydrogen (secondary N) is 1. The fraction of sp³-hybridized carbons (Fsp3) is 0.238. The smallest absolute Gasteiger partial charge is 0.257 e. The molecular formula is C21H23N3O5S. The van der Waals surface area contributed by atoms with Crippen LogP contribution in [0, 0.1) is 0 Å². The molecule has 2 N–H and O–H groups in total. The van der Waals surface area contributed by atoms with Crippen molar-refractivity contribution in [1.29, 1.82) is 0 Å². The van der Waals surface area contributed by atoms with Gasteiger partial charge in [0.05, 0.1) is 10.5 Å². The van der Waals surface area contributed by atoms with Gasteiger partial charge in [-0.1, -0.05) is 18.2 Å². The topological polar surface area (TPSA) is 107 Å². The van der Waals surface area contributed by atoms with Crippen LogP contribution in [0.5, 0.6) is 5.75 Å². The van der Waals surface area contributed by atoms with Gasteiger partial charge in [0.15, 0.2) is 0 Å². The van der Waals surface area contributed by atoms with Gasteiger partial charge in [0.25, 0.3) is 11.8 Å². The summed E-state index contributed by atoms with van der Waals surface area (Å²) >= 11 is 0. The molecule has 8 nitrogen and oxygen atoms in total. The summed E-state index contributed by atoms with van der Waals surface area (Å²) in [6.45, 7) is 4.97. The number of piperazine rings is 1. The molecule has 2 aromatic rings. The molecule has 0 saturated carbocycles. The number of carbonyl (C=O) groups excluding carboxylic acids is 2. The van der Waals surface area contributed by atoms with Crippen LogP contribution < -0.4 is 4.72 Å². The van der Waals surface area contributed by atoms with E-state index in [1.165, 1.54) is 36.4 Å². The maximum Gasteiger partial charge on any atom is 0.257 e. The highest BCUT2D eigenvalue weighted by Gasteiger charge is 2.26. The summed E-state index contributed by atoms with van der Waals surface area (Å²) < 4.78 is 26.6. The lowest BCUT2D eigenvalue weighted by molar-refractivity contribution is 0.0533. The Hall–Kier alpha value is -3.17. The Morgan fingerprint density at radius 1 is 0.967 bits per heavy atom. The Labute approximate surface area is 175 Å². The van der Waals surface area contributed by atoms with Gasteiger partial charge < -0.3 is 14.9 Å². The second kappa shape index (κ2) is 9.10. The number of carbonyl (C=O) groups is 2. The third kappa shape index (κ3) is 4.69. The van der Waals surface area contributed by atoms with Gasteiger partial charge in [0.2, 0.25) is 10.0 Å². The van der Waals surface area contributed by atoms with Gasteiger partial charge in [0.1, 0.15) is 5.75 Å². The molecule has 0 radical (unpaired) electrons. The molecule has 0 atom stereocenters. The van der Waals surface area contributed by atoms with Gasteiger partial charge in [-0.2, -0.15) is 0 Å². The molecule has 158 valence electrons. The van der Waals surface area contributed by atoms with Crippen molar-refractivity contribution in [2.75, 3.05) is 32.7 Å². The maximum atomic E-state index is 12.7. The Balaban J connectivity index is 1.62. The molecule has 1 heterocycles. The molecule has 2 amide bonds. The third-order valence-corrected chi connectivity index (χ3v) is 6.26. The minimum atomic E-state index is -3.65. The average Bonchev–Trinajstić information content (AvgIpc) is 2.77. The van der Waals surface area contributed by atoms with Crippen molar-refractivity contribution in [3.05, 3.63) is 72.3 Å². The summed E-state index contributed by atoms with van der Waals surface area (Å²) in [5.41, 5.74) is 0.609. The van der Waals surface area contributed by atoms with Crippen molar-refractivity contribution in [2.45, 2.75) is 4.90 Å². The molecule has 0 aromatic heterocycles. The summed E-state index contributed by atoms with van der Waals surface area (Å²) in [4.78, 5) is 28.6. The first kappa shape index (κ1) is 21.5. The zero-order valence-corrected chi connectivity index (χ0v) is 17.1. The molecule has 0 spiro atoms. The average molecular weight is 429 g/mol. The molecule has 9 heteroatoms. The molecule has 0 aliphatic carbocycles. The number of nitrogens with zero attached hydrogens (tertiary/aromatic N) is 2. The van der Waals surface area contributed by atoms with Crippen molar-refractivity contribution in [3.63, 3.8) is 0 Å². The number of hydrogen-bond donors (Lipinski definition) is 2.